The van der Waals surface area contributed by atoms with E-state index in [0.717, 1.165) is 50.8 Å². The van der Waals surface area contributed by atoms with Crippen LogP contribution in [-0.4, -0.2) is 45.3 Å². The average molecular weight is 289 g/mol. The van der Waals surface area contributed by atoms with Gasteiger partial charge in [-0.15, -0.1) is 0 Å². The summed E-state index contributed by atoms with van der Waals surface area (Å²) >= 11 is 0. The van der Waals surface area contributed by atoms with Crippen LogP contribution < -0.4 is 15.1 Å². The van der Waals surface area contributed by atoms with Crippen LogP contribution in [0.1, 0.15) is 19.8 Å². The van der Waals surface area contributed by atoms with Crippen LogP contribution in [0.4, 0.5) is 17.1 Å². The van der Waals surface area contributed by atoms with Crippen LogP contribution >= 0.6 is 0 Å². The first kappa shape index (κ1) is 14.2. The zero-order valence-corrected chi connectivity index (χ0v) is 12.6. The minimum Gasteiger partial charge on any atom is -0.378 e. The van der Waals surface area contributed by atoms with E-state index in [0.29, 0.717) is 0 Å². The Kier molecular flexibility index (Phi) is 4.29. The summed E-state index contributed by atoms with van der Waals surface area (Å²) in [6.45, 7) is 7.00. The molecule has 0 aromatic heterocycles. The van der Waals surface area contributed by atoms with Gasteiger partial charge in [0.05, 0.1) is 24.6 Å². The second-order valence-corrected chi connectivity index (χ2v) is 5.68. The molecule has 21 heavy (non-hydrogen) atoms. The highest BCUT2D eigenvalue weighted by Crippen LogP contribution is 2.32. The van der Waals surface area contributed by atoms with Crippen LogP contribution in [0.3, 0.4) is 0 Å². The maximum atomic E-state index is 11.5. The molecule has 114 valence electrons. The molecule has 0 unspecified atom stereocenters. The molecule has 0 atom stereocenters. The Morgan fingerprint density at radius 1 is 1.10 bits per heavy atom. The van der Waals surface area contributed by atoms with Crippen LogP contribution in [0.25, 0.3) is 0 Å². The molecule has 0 spiro atoms. The molecule has 2 aliphatic heterocycles. The summed E-state index contributed by atoms with van der Waals surface area (Å²) < 4.78 is 5.41. The minimum absolute atomic E-state index is 0.0249. The number of carbonyl (C=O) groups is 1. The molecule has 3 rings (SSSR count). The number of hydrogen-bond acceptors (Lipinski definition) is 4. The van der Waals surface area contributed by atoms with Gasteiger partial charge in [-0.1, -0.05) is 0 Å². The predicted molar refractivity (Wildman–Crippen MR) is 85.2 cm³/mol. The van der Waals surface area contributed by atoms with Gasteiger partial charge in [0, 0.05) is 38.8 Å². The summed E-state index contributed by atoms with van der Waals surface area (Å²) in [4.78, 5) is 16.2. The highest BCUT2D eigenvalue weighted by molar-refractivity contribution is 5.94. The predicted octanol–water partition coefficient (Wildman–Crippen LogP) is 2.08. The number of nitrogens with one attached hydrogen (secondary N) is 1. The molecule has 1 aromatic rings. The van der Waals surface area contributed by atoms with E-state index in [4.69, 9.17) is 4.74 Å². The van der Waals surface area contributed by atoms with Gasteiger partial charge in [0.1, 0.15) is 0 Å². The van der Waals surface area contributed by atoms with Gasteiger partial charge in [-0.05, 0) is 31.0 Å². The molecule has 2 aliphatic rings. The van der Waals surface area contributed by atoms with E-state index < -0.39 is 0 Å². The van der Waals surface area contributed by atoms with E-state index in [1.165, 1.54) is 18.5 Å². The summed E-state index contributed by atoms with van der Waals surface area (Å²) in [5.41, 5.74) is 3.21. The van der Waals surface area contributed by atoms with Crippen molar-refractivity contribution in [3.63, 3.8) is 0 Å². The van der Waals surface area contributed by atoms with Crippen molar-refractivity contribution in [2.75, 3.05) is 54.5 Å². The lowest BCUT2D eigenvalue weighted by molar-refractivity contribution is -0.114. The van der Waals surface area contributed by atoms with Crippen LogP contribution in [0.15, 0.2) is 18.2 Å². The van der Waals surface area contributed by atoms with Gasteiger partial charge in [-0.3, -0.25) is 4.79 Å². The molecule has 0 aliphatic carbocycles. The number of rotatable bonds is 3. The van der Waals surface area contributed by atoms with Crippen LogP contribution in [0, 0.1) is 0 Å². The fourth-order valence-electron chi connectivity index (χ4n) is 3.07. The molecule has 2 fully saturated rings. The van der Waals surface area contributed by atoms with Crippen molar-refractivity contribution in [1.29, 1.82) is 0 Å². The third-order valence-corrected chi connectivity index (χ3v) is 4.11. The van der Waals surface area contributed by atoms with E-state index in [1.807, 2.05) is 0 Å². The fraction of sp³-hybridized carbons (Fsp3) is 0.562. The number of morpholine rings is 1. The summed E-state index contributed by atoms with van der Waals surface area (Å²) in [5, 5.41) is 2.99. The molecule has 0 saturated carbocycles. The third-order valence-electron chi connectivity index (χ3n) is 4.11. The van der Waals surface area contributed by atoms with Crippen molar-refractivity contribution in [2.24, 2.45) is 0 Å². The number of nitrogens with zero attached hydrogens (tertiary/aromatic N) is 2. The van der Waals surface area contributed by atoms with E-state index >= 15 is 0 Å². The van der Waals surface area contributed by atoms with E-state index in [9.17, 15) is 4.79 Å². The van der Waals surface area contributed by atoms with Crippen molar-refractivity contribution in [2.45, 2.75) is 19.8 Å². The third kappa shape index (κ3) is 3.29. The maximum Gasteiger partial charge on any atom is 0.221 e. The van der Waals surface area contributed by atoms with Gasteiger partial charge in [0.25, 0.3) is 0 Å². The first-order valence-corrected chi connectivity index (χ1v) is 7.73. The SMILES string of the molecule is CC(=O)Nc1cc(N2CCCC2)ccc1N1CCOCC1. The highest BCUT2D eigenvalue weighted by Gasteiger charge is 2.18. The second kappa shape index (κ2) is 6.35. The Bertz CT molecular complexity index is 506. The summed E-state index contributed by atoms with van der Waals surface area (Å²) in [6.07, 6.45) is 2.50. The lowest BCUT2D eigenvalue weighted by Crippen LogP contribution is -2.36. The van der Waals surface area contributed by atoms with Crippen LogP contribution in [-0.2, 0) is 9.53 Å². The molecule has 2 heterocycles. The van der Waals surface area contributed by atoms with Crippen LogP contribution in [0.5, 0.6) is 0 Å². The molecule has 0 bridgehead atoms. The lowest BCUT2D eigenvalue weighted by atomic mass is 10.2. The molecule has 0 radical (unpaired) electrons. The number of ether oxygens (including phenoxy) is 1. The van der Waals surface area contributed by atoms with Gasteiger partial charge in [0.2, 0.25) is 5.91 Å². The Labute approximate surface area is 125 Å². The standard InChI is InChI=1S/C16H23N3O2/c1-13(20)17-15-12-14(18-6-2-3-7-18)4-5-16(15)19-8-10-21-11-9-19/h4-5,12H,2-3,6-11H2,1H3,(H,17,20). The molecule has 1 aromatic carbocycles. The highest BCUT2D eigenvalue weighted by atomic mass is 16.5. The Morgan fingerprint density at radius 2 is 1.81 bits per heavy atom. The number of carbonyl (C=O) groups excluding carboxylic acids is 1. The lowest BCUT2D eigenvalue weighted by Gasteiger charge is -2.31. The summed E-state index contributed by atoms with van der Waals surface area (Å²) in [7, 11) is 0. The van der Waals surface area contributed by atoms with Crippen LogP contribution in [0.2, 0.25) is 0 Å². The maximum absolute atomic E-state index is 11.5. The molecule has 2 saturated heterocycles. The Balaban J connectivity index is 1.88. The largest absolute Gasteiger partial charge is 0.378 e. The quantitative estimate of drug-likeness (QED) is 0.925. The number of benzene rings is 1. The minimum atomic E-state index is -0.0249. The molecule has 1 amide bonds. The van der Waals surface area contributed by atoms with Gasteiger partial charge in [-0.25, -0.2) is 0 Å². The second-order valence-electron chi connectivity index (χ2n) is 5.68. The van der Waals surface area contributed by atoms with Crippen molar-refractivity contribution < 1.29 is 9.53 Å². The Morgan fingerprint density at radius 3 is 2.48 bits per heavy atom. The fourth-order valence-corrected chi connectivity index (χ4v) is 3.07. The number of amides is 1. The average Bonchev–Trinajstić information content (AvgIpc) is 3.02. The van der Waals surface area contributed by atoms with Crippen molar-refractivity contribution >= 4 is 23.0 Å². The number of anilines is 3. The summed E-state index contributed by atoms with van der Waals surface area (Å²) in [6, 6.07) is 6.41. The molecular formula is C16H23N3O2. The first-order valence-electron chi connectivity index (χ1n) is 7.73. The smallest absolute Gasteiger partial charge is 0.221 e. The van der Waals surface area contributed by atoms with Crippen molar-refractivity contribution in [3.05, 3.63) is 18.2 Å². The summed E-state index contributed by atoms with van der Waals surface area (Å²) in [5.74, 6) is -0.0249. The Hall–Kier alpha value is -1.75. The van der Waals surface area contributed by atoms with E-state index in [2.05, 4.69) is 33.3 Å². The number of hydrogen-bond donors (Lipinski definition) is 1. The monoisotopic (exact) mass is 289 g/mol. The molecule has 5 heteroatoms. The van der Waals surface area contributed by atoms with E-state index in [1.54, 1.807) is 6.92 Å². The zero-order valence-electron chi connectivity index (χ0n) is 12.6. The zero-order chi connectivity index (χ0) is 14.7. The van der Waals surface area contributed by atoms with E-state index in [-0.39, 0.29) is 5.91 Å². The van der Waals surface area contributed by atoms with Gasteiger partial charge in [-0.2, -0.15) is 0 Å². The van der Waals surface area contributed by atoms with Gasteiger partial charge < -0.3 is 19.9 Å². The molecule has 1 N–H and O–H groups in total. The molecular weight excluding hydrogens is 266 g/mol. The van der Waals surface area contributed by atoms with Gasteiger partial charge in [0.15, 0.2) is 0 Å². The first-order chi connectivity index (χ1) is 10.2. The van der Waals surface area contributed by atoms with Crippen molar-refractivity contribution in [3.8, 4) is 0 Å². The normalized spacial score (nSPS) is 18.9. The molecule has 5 nitrogen and oxygen atoms in total. The topological polar surface area (TPSA) is 44.8 Å². The van der Waals surface area contributed by atoms with Gasteiger partial charge >= 0.3 is 0 Å². The van der Waals surface area contributed by atoms with Crippen molar-refractivity contribution in [1.82, 2.24) is 0 Å².